The Labute approximate surface area is 88.2 Å². The third-order valence-corrected chi connectivity index (χ3v) is 3.51. The third-order valence-electron chi connectivity index (χ3n) is 3.51. The summed E-state index contributed by atoms with van der Waals surface area (Å²) in [5.74, 6) is 0. The summed E-state index contributed by atoms with van der Waals surface area (Å²) in [6, 6.07) is 0. The largest absolute Gasteiger partial charge is 0.401 e. The standard InChI is InChI=1S/C12H24N2/c1-4-7-12(5-2)8-6-9-14(12)10-11(3)13/h3-10,13H2,1-2H3. The molecule has 1 rings (SSSR count). The molecule has 1 saturated heterocycles. The fourth-order valence-corrected chi connectivity index (χ4v) is 2.81. The number of hydrogen-bond donors (Lipinski definition) is 1. The summed E-state index contributed by atoms with van der Waals surface area (Å²) in [5.41, 5.74) is 6.94. The lowest BCUT2D eigenvalue weighted by atomic mass is 9.88. The summed E-state index contributed by atoms with van der Waals surface area (Å²) in [5, 5.41) is 0. The number of nitrogens with zero attached hydrogens (tertiary/aromatic N) is 1. The number of rotatable bonds is 5. The molecule has 1 fully saturated rings. The molecule has 0 aliphatic carbocycles. The Kier molecular flexibility index (Phi) is 3.99. The van der Waals surface area contributed by atoms with Crippen LogP contribution < -0.4 is 5.73 Å². The van der Waals surface area contributed by atoms with Crippen LogP contribution in [0.4, 0.5) is 0 Å². The molecule has 0 aromatic carbocycles. The van der Waals surface area contributed by atoms with E-state index in [1.807, 2.05) is 0 Å². The number of hydrogen-bond acceptors (Lipinski definition) is 2. The summed E-state index contributed by atoms with van der Waals surface area (Å²) in [6.45, 7) is 10.5. The fraction of sp³-hybridized carbons (Fsp3) is 0.833. The second kappa shape index (κ2) is 4.83. The fourth-order valence-electron chi connectivity index (χ4n) is 2.81. The van der Waals surface area contributed by atoms with Gasteiger partial charge in [-0.1, -0.05) is 26.8 Å². The van der Waals surface area contributed by atoms with Crippen LogP contribution in [-0.2, 0) is 0 Å². The molecule has 14 heavy (non-hydrogen) atoms. The highest BCUT2D eigenvalue weighted by atomic mass is 15.2. The molecule has 1 unspecified atom stereocenters. The zero-order chi connectivity index (χ0) is 10.6. The maximum Gasteiger partial charge on any atom is 0.0379 e. The van der Waals surface area contributed by atoms with E-state index in [0.29, 0.717) is 5.54 Å². The maximum atomic E-state index is 5.71. The van der Waals surface area contributed by atoms with Crippen LogP contribution in [0.2, 0.25) is 0 Å². The molecule has 0 amide bonds. The van der Waals surface area contributed by atoms with Gasteiger partial charge in [0.15, 0.2) is 0 Å². The lowest BCUT2D eigenvalue weighted by Crippen LogP contribution is -2.44. The Bertz CT molecular complexity index is 200. The molecule has 1 aliphatic rings. The Morgan fingerprint density at radius 3 is 2.71 bits per heavy atom. The van der Waals surface area contributed by atoms with E-state index >= 15 is 0 Å². The molecule has 0 aromatic heterocycles. The topological polar surface area (TPSA) is 29.3 Å². The van der Waals surface area contributed by atoms with E-state index in [4.69, 9.17) is 5.73 Å². The van der Waals surface area contributed by atoms with Crippen LogP contribution in [0.15, 0.2) is 12.3 Å². The van der Waals surface area contributed by atoms with Gasteiger partial charge < -0.3 is 5.73 Å². The van der Waals surface area contributed by atoms with Gasteiger partial charge in [0.1, 0.15) is 0 Å². The molecule has 2 nitrogen and oxygen atoms in total. The van der Waals surface area contributed by atoms with Gasteiger partial charge in [0.25, 0.3) is 0 Å². The van der Waals surface area contributed by atoms with Crippen molar-refractivity contribution in [2.75, 3.05) is 13.1 Å². The minimum Gasteiger partial charge on any atom is -0.401 e. The van der Waals surface area contributed by atoms with E-state index in [9.17, 15) is 0 Å². The molecule has 82 valence electrons. The van der Waals surface area contributed by atoms with Crippen LogP contribution >= 0.6 is 0 Å². The monoisotopic (exact) mass is 196 g/mol. The summed E-state index contributed by atoms with van der Waals surface area (Å²) < 4.78 is 0. The van der Waals surface area contributed by atoms with Crippen molar-refractivity contribution in [1.29, 1.82) is 0 Å². The lowest BCUT2D eigenvalue weighted by Gasteiger charge is -2.38. The van der Waals surface area contributed by atoms with Crippen molar-refractivity contribution in [3.05, 3.63) is 12.3 Å². The first-order valence-corrected chi connectivity index (χ1v) is 5.83. The Hall–Kier alpha value is -0.500. The minimum atomic E-state index is 0.428. The van der Waals surface area contributed by atoms with Gasteiger partial charge in [0.05, 0.1) is 0 Å². The van der Waals surface area contributed by atoms with Crippen molar-refractivity contribution in [3.8, 4) is 0 Å². The third kappa shape index (κ3) is 2.30. The normalized spacial score (nSPS) is 28.1. The molecule has 0 saturated carbocycles. The van der Waals surface area contributed by atoms with Crippen LogP contribution in [0.5, 0.6) is 0 Å². The molecule has 2 N–H and O–H groups in total. The second-order valence-corrected chi connectivity index (χ2v) is 4.51. The van der Waals surface area contributed by atoms with Gasteiger partial charge in [0.2, 0.25) is 0 Å². The van der Waals surface area contributed by atoms with Gasteiger partial charge in [-0.25, -0.2) is 0 Å². The molecule has 0 spiro atoms. The molecular weight excluding hydrogens is 172 g/mol. The van der Waals surface area contributed by atoms with Gasteiger partial charge in [-0.2, -0.15) is 0 Å². The first kappa shape index (κ1) is 11.6. The summed E-state index contributed by atoms with van der Waals surface area (Å²) in [6.07, 6.45) is 6.47. The van der Waals surface area contributed by atoms with Crippen molar-refractivity contribution < 1.29 is 0 Å². The van der Waals surface area contributed by atoms with Crippen LogP contribution in [0, 0.1) is 0 Å². The maximum absolute atomic E-state index is 5.71. The quantitative estimate of drug-likeness (QED) is 0.732. The van der Waals surface area contributed by atoms with E-state index < -0.39 is 0 Å². The van der Waals surface area contributed by atoms with Gasteiger partial charge in [-0.05, 0) is 32.2 Å². The van der Waals surface area contributed by atoms with E-state index in [1.165, 1.54) is 38.6 Å². The van der Waals surface area contributed by atoms with Gasteiger partial charge in [-0.15, -0.1) is 0 Å². The summed E-state index contributed by atoms with van der Waals surface area (Å²) in [7, 11) is 0. The average molecular weight is 196 g/mol. The average Bonchev–Trinajstić information content (AvgIpc) is 2.49. The van der Waals surface area contributed by atoms with Gasteiger partial charge >= 0.3 is 0 Å². The Morgan fingerprint density at radius 1 is 1.50 bits per heavy atom. The zero-order valence-corrected chi connectivity index (χ0v) is 9.68. The molecule has 1 heterocycles. The minimum absolute atomic E-state index is 0.428. The molecular formula is C12H24N2. The van der Waals surface area contributed by atoms with Crippen LogP contribution in [-0.4, -0.2) is 23.5 Å². The summed E-state index contributed by atoms with van der Waals surface area (Å²) >= 11 is 0. The SMILES string of the molecule is C=C(N)CN1CCCC1(CC)CCC. The van der Waals surface area contributed by atoms with Crippen molar-refractivity contribution in [1.82, 2.24) is 4.90 Å². The summed E-state index contributed by atoms with van der Waals surface area (Å²) in [4.78, 5) is 2.54. The van der Waals surface area contributed by atoms with Gasteiger partial charge in [0, 0.05) is 17.8 Å². The van der Waals surface area contributed by atoms with Crippen molar-refractivity contribution >= 4 is 0 Å². The van der Waals surface area contributed by atoms with E-state index in [1.54, 1.807) is 0 Å². The Balaban J connectivity index is 2.66. The highest BCUT2D eigenvalue weighted by Gasteiger charge is 2.37. The molecule has 1 aliphatic heterocycles. The molecule has 1 atom stereocenters. The van der Waals surface area contributed by atoms with E-state index in [-0.39, 0.29) is 0 Å². The lowest BCUT2D eigenvalue weighted by molar-refractivity contribution is 0.131. The predicted octanol–water partition coefficient (Wildman–Crippen LogP) is 2.50. The molecule has 2 heteroatoms. The highest BCUT2D eigenvalue weighted by molar-refractivity contribution is 5.00. The first-order valence-electron chi connectivity index (χ1n) is 5.83. The van der Waals surface area contributed by atoms with Crippen LogP contribution in [0.3, 0.4) is 0 Å². The van der Waals surface area contributed by atoms with Crippen LogP contribution in [0.25, 0.3) is 0 Å². The first-order chi connectivity index (χ1) is 6.64. The van der Waals surface area contributed by atoms with Crippen molar-refractivity contribution in [3.63, 3.8) is 0 Å². The van der Waals surface area contributed by atoms with E-state index in [2.05, 4.69) is 25.3 Å². The molecule has 0 bridgehead atoms. The van der Waals surface area contributed by atoms with E-state index in [0.717, 1.165) is 12.2 Å². The van der Waals surface area contributed by atoms with Crippen LogP contribution in [0.1, 0.15) is 46.0 Å². The van der Waals surface area contributed by atoms with Crippen molar-refractivity contribution in [2.24, 2.45) is 5.73 Å². The van der Waals surface area contributed by atoms with Gasteiger partial charge in [-0.3, -0.25) is 4.90 Å². The smallest absolute Gasteiger partial charge is 0.0379 e. The number of nitrogens with two attached hydrogens (primary N) is 1. The second-order valence-electron chi connectivity index (χ2n) is 4.51. The number of likely N-dealkylation sites (tertiary alicyclic amines) is 1. The molecule has 0 aromatic rings. The predicted molar refractivity (Wildman–Crippen MR) is 62.1 cm³/mol. The zero-order valence-electron chi connectivity index (χ0n) is 9.68. The molecule has 0 radical (unpaired) electrons. The highest BCUT2D eigenvalue weighted by Crippen LogP contribution is 2.36. The van der Waals surface area contributed by atoms with Crippen molar-refractivity contribution in [2.45, 2.75) is 51.5 Å². The Morgan fingerprint density at radius 2 is 2.21 bits per heavy atom.